The minimum Gasteiger partial charge on any atom is -0.369 e. The van der Waals surface area contributed by atoms with Crippen LogP contribution in [0.5, 0.6) is 0 Å². The van der Waals surface area contributed by atoms with E-state index in [1.807, 2.05) is 47.9 Å². The molecular formula is C31H30F2N4O. The van der Waals surface area contributed by atoms with Crippen molar-refractivity contribution in [1.29, 1.82) is 0 Å². The lowest BCUT2D eigenvalue weighted by Crippen LogP contribution is -2.44. The van der Waals surface area contributed by atoms with Gasteiger partial charge in [0.15, 0.2) is 5.78 Å². The summed E-state index contributed by atoms with van der Waals surface area (Å²) in [7, 11) is 2.05. The van der Waals surface area contributed by atoms with Crippen LogP contribution in [0, 0.1) is 18.8 Å². The molecule has 194 valence electrons. The Morgan fingerprint density at radius 1 is 1.03 bits per heavy atom. The minimum absolute atomic E-state index is 0.0356. The molecule has 2 aromatic carbocycles. The molecule has 38 heavy (non-hydrogen) atoms. The van der Waals surface area contributed by atoms with Crippen LogP contribution >= 0.6 is 0 Å². The molecule has 0 bridgehead atoms. The quantitative estimate of drug-likeness (QED) is 0.268. The Morgan fingerprint density at radius 2 is 1.82 bits per heavy atom. The monoisotopic (exact) mass is 512 g/mol. The zero-order chi connectivity index (χ0) is 26.9. The molecule has 0 saturated carbocycles. The van der Waals surface area contributed by atoms with Gasteiger partial charge in [-0.2, -0.15) is 0 Å². The van der Waals surface area contributed by atoms with E-state index in [1.165, 1.54) is 6.07 Å². The fourth-order valence-corrected chi connectivity index (χ4v) is 4.65. The number of piperazine rings is 1. The fraction of sp³-hybridized carbons (Fsp3) is 0.290. The first-order chi connectivity index (χ1) is 18.2. The highest BCUT2D eigenvalue weighted by molar-refractivity contribution is 5.98. The number of anilines is 1. The van der Waals surface area contributed by atoms with Gasteiger partial charge in [-0.1, -0.05) is 24.1 Å². The average Bonchev–Trinajstić information content (AvgIpc) is 3.31. The number of pyridine rings is 1. The number of hydrogen-bond acceptors (Lipinski definition) is 4. The number of aromatic nitrogens is 2. The second-order valence-corrected chi connectivity index (χ2v) is 10.0. The lowest BCUT2D eigenvalue weighted by atomic mass is 9.96. The molecule has 0 amide bonds. The number of rotatable bonds is 5. The van der Waals surface area contributed by atoms with Crippen LogP contribution < -0.4 is 4.90 Å². The maximum absolute atomic E-state index is 14.4. The van der Waals surface area contributed by atoms with E-state index in [0.29, 0.717) is 11.1 Å². The summed E-state index contributed by atoms with van der Waals surface area (Å²) in [6, 6.07) is 16.1. The molecule has 1 fully saturated rings. The van der Waals surface area contributed by atoms with Crippen LogP contribution in [-0.4, -0.2) is 53.3 Å². The normalized spacial score (nSPS) is 14.4. The number of Topliss-reactive ketones (excluding diaryl/α,β-unsaturated/α-hetero) is 1. The predicted molar refractivity (Wildman–Crippen MR) is 146 cm³/mol. The topological polar surface area (TPSA) is 40.9 Å². The molecule has 0 aliphatic carbocycles. The number of nitrogens with zero attached hydrogens (tertiary/aromatic N) is 4. The Morgan fingerprint density at radius 3 is 2.58 bits per heavy atom. The lowest BCUT2D eigenvalue weighted by molar-refractivity contribution is 0.0174. The molecule has 1 saturated heterocycles. The van der Waals surface area contributed by atoms with E-state index >= 15 is 0 Å². The Kier molecular flexibility index (Phi) is 7.00. The molecule has 2 aromatic heterocycles. The summed E-state index contributed by atoms with van der Waals surface area (Å²) in [6.45, 7) is 6.09. The SMILES string of the molecule is Cc1ccc(C(=O)Cc2cc(N3CCN(C)CC3)cc(C(C)(F)F)c2)cc1C#Cc1cnc2ccccn12. The molecule has 5 nitrogen and oxygen atoms in total. The first-order valence-corrected chi connectivity index (χ1v) is 12.7. The fourth-order valence-electron chi connectivity index (χ4n) is 4.65. The van der Waals surface area contributed by atoms with Crippen LogP contribution in [0.15, 0.2) is 67.0 Å². The van der Waals surface area contributed by atoms with E-state index in [9.17, 15) is 13.6 Å². The predicted octanol–water partition coefficient (Wildman–Crippen LogP) is 5.33. The molecule has 0 spiro atoms. The molecule has 1 aliphatic rings. The van der Waals surface area contributed by atoms with Gasteiger partial charge in [-0.3, -0.25) is 9.20 Å². The third kappa shape index (κ3) is 5.61. The van der Waals surface area contributed by atoms with Gasteiger partial charge in [-0.15, -0.1) is 0 Å². The van der Waals surface area contributed by atoms with Crippen LogP contribution in [0.4, 0.5) is 14.5 Å². The maximum Gasteiger partial charge on any atom is 0.270 e. The number of imidazole rings is 1. The molecule has 3 heterocycles. The van der Waals surface area contributed by atoms with Crippen molar-refractivity contribution in [2.24, 2.45) is 0 Å². The van der Waals surface area contributed by atoms with Crippen LogP contribution in [0.2, 0.25) is 0 Å². The summed E-state index contributed by atoms with van der Waals surface area (Å²) in [6.07, 6.45) is 3.67. The van der Waals surface area contributed by atoms with E-state index in [4.69, 9.17) is 0 Å². The van der Waals surface area contributed by atoms with E-state index in [2.05, 4.69) is 33.7 Å². The van der Waals surface area contributed by atoms with Crippen molar-refractivity contribution in [1.82, 2.24) is 14.3 Å². The van der Waals surface area contributed by atoms with Gasteiger partial charge in [0.25, 0.3) is 5.92 Å². The largest absolute Gasteiger partial charge is 0.369 e. The summed E-state index contributed by atoms with van der Waals surface area (Å²) in [5.41, 5.74) is 5.03. The minimum atomic E-state index is -3.00. The van der Waals surface area contributed by atoms with Crippen LogP contribution in [0.1, 0.15) is 45.2 Å². The summed E-state index contributed by atoms with van der Waals surface area (Å²) >= 11 is 0. The summed E-state index contributed by atoms with van der Waals surface area (Å²) in [5, 5.41) is 0. The van der Waals surface area contributed by atoms with E-state index in [1.54, 1.807) is 24.4 Å². The van der Waals surface area contributed by atoms with Gasteiger partial charge in [-0.25, -0.2) is 13.8 Å². The van der Waals surface area contributed by atoms with Gasteiger partial charge in [0.05, 0.1) is 6.20 Å². The smallest absolute Gasteiger partial charge is 0.270 e. The van der Waals surface area contributed by atoms with Crippen molar-refractivity contribution in [3.63, 3.8) is 0 Å². The number of ketones is 1. The number of fused-ring (bicyclic) bond motifs is 1. The molecular weight excluding hydrogens is 482 g/mol. The molecule has 1 aliphatic heterocycles. The number of alkyl halides is 2. The number of benzene rings is 2. The third-order valence-electron chi connectivity index (χ3n) is 7.02. The molecule has 0 radical (unpaired) electrons. The summed E-state index contributed by atoms with van der Waals surface area (Å²) < 4.78 is 30.6. The standard InChI is InChI=1S/C31H30F2N4O/c1-22-7-8-25(19-24(22)9-10-27-21-34-30-6-4-5-11-37(27)30)29(38)18-23-16-26(31(2,32)33)20-28(17-23)36-14-12-35(3)13-15-36/h4-8,11,16-17,19-21H,12-15,18H2,1-3H3. The molecule has 7 heteroatoms. The Hall–Kier alpha value is -4.02. The van der Waals surface area contributed by atoms with Gasteiger partial charge < -0.3 is 9.80 Å². The van der Waals surface area contributed by atoms with Gasteiger partial charge in [0.1, 0.15) is 11.3 Å². The molecule has 0 atom stereocenters. The second-order valence-electron chi connectivity index (χ2n) is 10.0. The van der Waals surface area contributed by atoms with Crippen molar-refractivity contribution < 1.29 is 13.6 Å². The first kappa shape index (κ1) is 25.6. The number of carbonyl (C=O) groups is 1. The second kappa shape index (κ2) is 10.4. The van der Waals surface area contributed by atoms with Crippen LogP contribution in [0.25, 0.3) is 5.65 Å². The number of likely N-dealkylation sites (N-methyl/N-ethyl adjacent to an activating group) is 1. The van der Waals surface area contributed by atoms with E-state index in [-0.39, 0.29) is 17.8 Å². The lowest BCUT2D eigenvalue weighted by Gasteiger charge is -2.34. The molecule has 4 aromatic rings. The summed E-state index contributed by atoms with van der Waals surface area (Å²) in [5.74, 6) is 3.21. The number of carbonyl (C=O) groups excluding carboxylic acids is 1. The van der Waals surface area contributed by atoms with Crippen LogP contribution in [0.3, 0.4) is 0 Å². The van der Waals surface area contributed by atoms with Gasteiger partial charge in [0.2, 0.25) is 0 Å². The van der Waals surface area contributed by atoms with Crippen molar-refractivity contribution in [3.8, 4) is 11.8 Å². The van der Waals surface area contributed by atoms with Crippen molar-refractivity contribution in [2.45, 2.75) is 26.2 Å². The molecule has 0 N–H and O–H groups in total. The number of hydrogen-bond donors (Lipinski definition) is 0. The zero-order valence-electron chi connectivity index (χ0n) is 21.8. The number of aryl methyl sites for hydroxylation is 1. The zero-order valence-corrected chi connectivity index (χ0v) is 21.8. The van der Waals surface area contributed by atoms with E-state index in [0.717, 1.165) is 61.3 Å². The Balaban J connectivity index is 1.41. The van der Waals surface area contributed by atoms with Gasteiger partial charge in [0, 0.05) is 68.1 Å². The third-order valence-corrected chi connectivity index (χ3v) is 7.02. The number of halogens is 2. The maximum atomic E-state index is 14.4. The molecule has 0 unspecified atom stereocenters. The van der Waals surface area contributed by atoms with Crippen LogP contribution in [-0.2, 0) is 12.3 Å². The van der Waals surface area contributed by atoms with Gasteiger partial charge in [-0.05, 0) is 67.4 Å². The Labute approximate surface area is 221 Å². The summed E-state index contributed by atoms with van der Waals surface area (Å²) in [4.78, 5) is 22.0. The van der Waals surface area contributed by atoms with Gasteiger partial charge >= 0.3 is 0 Å². The highest BCUT2D eigenvalue weighted by atomic mass is 19.3. The first-order valence-electron chi connectivity index (χ1n) is 12.7. The average molecular weight is 513 g/mol. The highest BCUT2D eigenvalue weighted by Crippen LogP contribution is 2.32. The van der Waals surface area contributed by atoms with Crippen molar-refractivity contribution in [2.75, 3.05) is 38.1 Å². The van der Waals surface area contributed by atoms with Crippen molar-refractivity contribution in [3.05, 3.63) is 101 Å². The van der Waals surface area contributed by atoms with Crippen molar-refractivity contribution >= 4 is 17.1 Å². The Bertz CT molecular complexity index is 1550. The highest BCUT2D eigenvalue weighted by Gasteiger charge is 2.27. The molecule has 5 rings (SSSR count). The van der Waals surface area contributed by atoms with E-state index < -0.39 is 5.92 Å².